The molecule has 6 heteroatoms. The van der Waals surface area contributed by atoms with Crippen LogP contribution in [-0.4, -0.2) is 21.8 Å². The largest absolute Gasteiger partial charge is 0.507 e. The molecular weight excluding hydrogens is 476 g/mol. The fourth-order valence-electron chi connectivity index (χ4n) is 4.74. The number of anilines is 1. The van der Waals surface area contributed by atoms with E-state index in [4.69, 9.17) is 4.74 Å². The number of carbonyl (C=O) groups excluding carboxylic acids is 2. The molecule has 1 aliphatic heterocycles. The molecule has 6 nitrogen and oxygen atoms in total. The summed E-state index contributed by atoms with van der Waals surface area (Å²) >= 11 is 0. The van der Waals surface area contributed by atoms with Gasteiger partial charge in [-0.05, 0) is 79.4 Å². The summed E-state index contributed by atoms with van der Waals surface area (Å²) in [6, 6.07) is 25.1. The molecule has 0 spiro atoms. The summed E-state index contributed by atoms with van der Waals surface area (Å²) in [6.07, 6.45) is 1.61. The van der Waals surface area contributed by atoms with Crippen LogP contribution in [0.4, 0.5) is 5.69 Å². The second-order valence-electron chi connectivity index (χ2n) is 9.40. The van der Waals surface area contributed by atoms with Gasteiger partial charge in [-0.1, -0.05) is 48.5 Å². The molecule has 3 aromatic carbocycles. The van der Waals surface area contributed by atoms with Gasteiger partial charge in [-0.15, -0.1) is 0 Å². The zero-order chi connectivity index (χ0) is 26.8. The Hall–Kier alpha value is -4.71. The van der Waals surface area contributed by atoms with E-state index >= 15 is 0 Å². The molecule has 1 aromatic heterocycles. The van der Waals surface area contributed by atoms with Gasteiger partial charge in [-0.3, -0.25) is 19.5 Å². The maximum absolute atomic E-state index is 13.4. The Morgan fingerprint density at radius 1 is 0.895 bits per heavy atom. The predicted molar refractivity (Wildman–Crippen MR) is 147 cm³/mol. The molecule has 2 heterocycles. The lowest BCUT2D eigenvalue weighted by molar-refractivity contribution is -0.132. The summed E-state index contributed by atoms with van der Waals surface area (Å²) in [5.41, 5.74) is 5.25. The number of carbonyl (C=O) groups is 2. The lowest BCUT2D eigenvalue weighted by Crippen LogP contribution is -2.30. The monoisotopic (exact) mass is 504 g/mol. The van der Waals surface area contributed by atoms with Crippen LogP contribution < -0.4 is 9.64 Å². The number of Topliss-reactive ketones (excluding diaryl/α,β-unsaturated/α-hetero) is 1. The third-order valence-corrected chi connectivity index (χ3v) is 6.93. The van der Waals surface area contributed by atoms with Crippen molar-refractivity contribution in [3.05, 3.63) is 130 Å². The standard InChI is InChI=1S/C32H28N2O4/c1-20-10-9-14-26(22(20)3)34-29(25-13-7-8-17-33-25)28(31(36)32(34)37)30(35)24-15-16-27(21(2)18-24)38-19-23-11-5-4-6-12-23/h4-18,29,35H,19H2,1-3H3/b30-28+. The van der Waals surface area contributed by atoms with Gasteiger partial charge < -0.3 is 9.84 Å². The summed E-state index contributed by atoms with van der Waals surface area (Å²) in [6.45, 7) is 6.15. The number of aromatic nitrogens is 1. The highest BCUT2D eigenvalue weighted by molar-refractivity contribution is 6.51. The van der Waals surface area contributed by atoms with E-state index in [1.165, 1.54) is 4.90 Å². The number of aliphatic hydroxyl groups is 1. The SMILES string of the molecule is Cc1cc(/C(O)=C2\C(=O)C(=O)N(c3cccc(C)c3C)C2c2ccccn2)ccc1OCc1ccccc1. The number of ketones is 1. The summed E-state index contributed by atoms with van der Waals surface area (Å²) in [4.78, 5) is 32.8. The van der Waals surface area contributed by atoms with Crippen LogP contribution in [0.2, 0.25) is 0 Å². The number of aliphatic hydroxyl groups excluding tert-OH is 1. The first-order valence-electron chi connectivity index (χ1n) is 12.4. The average Bonchev–Trinajstić information content (AvgIpc) is 3.20. The van der Waals surface area contributed by atoms with Crippen molar-refractivity contribution in [1.29, 1.82) is 0 Å². The lowest BCUT2D eigenvalue weighted by atomic mass is 9.97. The van der Waals surface area contributed by atoms with E-state index in [0.29, 0.717) is 29.3 Å². The van der Waals surface area contributed by atoms with E-state index in [1.54, 1.807) is 42.6 Å². The topological polar surface area (TPSA) is 79.7 Å². The Morgan fingerprint density at radius 3 is 2.37 bits per heavy atom. The van der Waals surface area contributed by atoms with E-state index in [2.05, 4.69) is 4.98 Å². The Bertz CT molecular complexity index is 1540. The van der Waals surface area contributed by atoms with Crippen molar-refractivity contribution in [3.8, 4) is 5.75 Å². The number of nitrogens with zero attached hydrogens (tertiary/aromatic N) is 2. The first-order chi connectivity index (χ1) is 18.4. The third kappa shape index (κ3) is 4.57. The molecule has 1 aliphatic rings. The van der Waals surface area contributed by atoms with Gasteiger partial charge in [-0.2, -0.15) is 0 Å². The minimum absolute atomic E-state index is 0.00644. The van der Waals surface area contributed by atoms with E-state index < -0.39 is 17.7 Å². The van der Waals surface area contributed by atoms with Crippen molar-refractivity contribution in [2.75, 3.05) is 4.90 Å². The van der Waals surface area contributed by atoms with E-state index in [0.717, 1.165) is 22.3 Å². The van der Waals surface area contributed by atoms with Gasteiger partial charge in [0.05, 0.1) is 11.3 Å². The van der Waals surface area contributed by atoms with Crippen LogP contribution in [0.25, 0.3) is 5.76 Å². The van der Waals surface area contributed by atoms with Gasteiger partial charge in [0.1, 0.15) is 24.2 Å². The number of rotatable bonds is 6. The molecule has 0 bridgehead atoms. The molecule has 1 atom stereocenters. The zero-order valence-electron chi connectivity index (χ0n) is 21.5. The average molecular weight is 505 g/mol. The lowest BCUT2D eigenvalue weighted by Gasteiger charge is -2.26. The minimum Gasteiger partial charge on any atom is -0.507 e. The van der Waals surface area contributed by atoms with Crippen molar-refractivity contribution >= 4 is 23.1 Å². The Kier molecular flexibility index (Phi) is 6.79. The second-order valence-corrected chi connectivity index (χ2v) is 9.40. The molecule has 1 N–H and O–H groups in total. The molecule has 5 rings (SSSR count). The molecule has 0 radical (unpaired) electrons. The first-order valence-corrected chi connectivity index (χ1v) is 12.4. The van der Waals surface area contributed by atoms with Gasteiger partial charge in [-0.25, -0.2) is 0 Å². The summed E-state index contributed by atoms with van der Waals surface area (Å²) < 4.78 is 5.97. The second kappa shape index (κ2) is 10.3. The number of hydrogen-bond acceptors (Lipinski definition) is 5. The van der Waals surface area contributed by atoms with Crippen molar-refractivity contribution in [3.63, 3.8) is 0 Å². The highest BCUT2D eigenvalue weighted by atomic mass is 16.5. The first kappa shape index (κ1) is 25.0. The Balaban J connectivity index is 1.57. The van der Waals surface area contributed by atoms with Gasteiger partial charge in [0.25, 0.3) is 11.7 Å². The van der Waals surface area contributed by atoms with Crippen LogP contribution in [0.5, 0.6) is 5.75 Å². The Labute approximate surface area is 221 Å². The zero-order valence-corrected chi connectivity index (χ0v) is 21.5. The van der Waals surface area contributed by atoms with Crippen LogP contribution in [-0.2, 0) is 16.2 Å². The molecule has 0 saturated carbocycles. The highest BCUT2D eigenvalue weighted by Crippen LogP contribution is 2.43. The molecule has 1 unspecified atom stereocenters. The van der Waals surface area contributed by atoms with Crippen molar-refractivity contribution < 1.29 is 19.4 Å². The number of benzene rings is 3. The number of aryl methyl sites for hydroxylation is 2. The molecule has 4 aromatic rings. The molecule has 1 amide bonds. The minimum atomic E-state index is -0.869. The van der Waals surface area contributed by atoms with Crippen LogP contribution >= 0.6 is 0 Å². The van der Waals surface area contributed by atoms with Crippen molar-refractivity contribution in [1.82, 2.24) is 4.98 Å². The number of ether oxygens (including phenoxy) is 1. The maximum atomic E-state index is 13.4. The van der Waals surface area contributed by atoms with Crippen LogP contribution in [0.3, 0.4) is 0 Å². The van der Waals surface area contributed by atoms with Gasteiger partial charge in [0, 0.05) is 17.4 Å². The number of pyridine rings is 1. The summed E-state index contributed by atoms with van der Waals surface area (Å²) in [5.74, 6) is -1.02. The summed E-state index contributed by atoms with van der Waals surface area (Å²) in [7, 11) is 0. The van der Waals surface area contributed by atoms with E-state index in [9.17, 15) is 14.7 Å². The van der Waals surface area contributed by atoms with Crippen LogP contribution in [0.1, 0.15) is 39.6 Å². The third-order valence-electron chi connectivity index (χ3n) is 6.93. The highest BCUT2D eigenvalue weighted by Gasteiger charge is 2.48. The normalized spacial score (nSPS) is 16.6. The summed E-state index contributed by atoms with van der Waals surface area (Å²) in [5, 5.41) is 11.5. The number of amides is 1. The fraction of sp³-hybridized carbons (Fsp3) is 0.156. The molecule has 0 aliphatic carbocycles. The van der Waals surface area contributed by atoms with Gasteiger partial charge >= 0.3 is 0 Å². The maximum Gasteiger partial charge on any atom is 0.300 e. The molecule has 1 saturated heterocycles. The van der Waals surface area contributed by atoms with E-state index in [1.807, 2.05) is 69.3 Å². The number of hydrogen-bond donors (Lipinski definition) is 1. The van der Waals surface area contributed by atoms with Crippen molar-refractivity contribution in [2.45, 2.75) is 33.4 Å². The van der Waals surface area contributed by atoms with E-state index in [-0.39, 0.29) is 11.3 Å². The predicted octanol–water partition coefficient (Wildman–Crippen LogP) is 6.21. The van der Waals surface area contributed by atoms with Crippen molar-refractivity contribution in [2.24, 2.45) is 0 Å². The van der Waals surface area contributed by atoms with Gasteiger partial charge in [0.2, 0.25) is 0 Å². The molecule has 1 fully saturated rings. The molecule has 38 heavy (non-hydrogen) atoms. The van der Waals surface area contributed by atoms with Crippen LogP contribution in [0, 0.1) is 20.8 Å². The molecule has 190 valence electrons. The van der Waals surface area contributed by atoms with Crippen LogP contribution in [0.15, 0.2) is 96.7 Å². The fourth-order valence-corrected chi connectivity index (χ4v) is 4.74. The molecular formula is C32H28N2O4. The smallest absolute Gasteiger partial charge is 0.300 e. The van der Waals surface area contributed by atoms with Gasteiger partial charge in [0.15, 0.2) is 0 Å². The Morgan fingerprint density at radius 2 is 1.66 bits per heavy atom. The quantitative estimate of drug-likeness (QED) is 0.192.